The Hall–Kier alpha value is -3.81. The summed E-state index contributed by atoms with van der Waals surface area (Å²) in [6.45, 7) is 0. The molecule has 0 N–H and O–H groups in total. The molecule has 0 aliphatic heterocycles. The van der Waals surface area contributed by atoms with Gasteiger partial charge in [0, 0.05) is 21.5 Å². The molecule has 152 valence electrons. The van der Waals surface area contributed by atoms with Gasteiger partial charge in [0.2, 0.25) is 0 Å². The van der Waals surface area contributed by atoms with Crippen LogP contribution in [0.3, 0.4) is 0 Å². The van der Waals surface area contributed by atoms with Crippen molar-refractivity contribution in [3.8, 4) is 27.9 Å². The van der Waals surface area contributed by atoms with Crippen LogP contribution < -0.4 is 0 Å². The maximum Gasteiger partial charge on any atom is 0.0547 e. The maximum absolute atomic E-state index is 6.37. The van der Waals surface area contributed by atoms with Crippen molar-refractivity contribution in [3.05, 3.63) is 126 Å². The third-order valence-electron chi connectivity index (χ3n) is 6.05. The van der Waals surface area contributed by atoms with Gasteiger partial charge in [-0.2, -0.15) is 0 Å². The number of hydrogen-bond donors (Lipinski definition) is 0. The lowest BCUT2D eigenvalue weighted by Gasteiger charge is -2.09. The van der Waals surface area contributed by atoms with E-state index in [9.17, 15) is 0 Å². The van der Waals surface area contributed by atoms with E-state index in [2.05, 4.69) is 108 Å². The smallest absolute Gasteiger partial charge is 0.0547 e. The zero-order valence-corrected chi connectivity index (χ0v) is 18.1. The van der Waals surface area contributed by atoms with E-state index < -0.39 is 0 Å². The zero-order chi connectivity index (χ0) is 21.5. The molecular formula is C30H20ClN. The van der Waals surface area contributed by atoms with E-state index in [1.165, 1.54) is 38.5 Å². The second-order valence-electron chi connectivity index (χ2n) is 7.98. The number of fused-ring (bicyclic) bond motifs is 3. The molecular weight excluding hydrogens is 410 g/mol. The molecule has 0 amide bonds. The third kappa shape index (κ3) is 3.10. The minimum atomic E-state index is 0.747. The maximum atomic E-state index is 6.37. The topological polar surface area (TPSA) is 4.93 Å². The molecule has 1 nitrogen and oxygen atoms in total. The number of para-hydroxylation sites is 1. The molecule has 1 heterocycles. The van der Waals surface area contributed by atoms with Gasteiger partial charge in [0.05, 0.1) is 11.0 Å². The fourth-order valence-electron chi connectivity index (χ4n) is 4.63. The SMILES string of the molecule is Clc1cccc(-c2cccc3c2c2cc(-c4ccccc4)ccc2n3-c2ccccc2)c1. The predicted octanol–water partition coefficient (Wildman–Crippen LogP) is 8.77. The van der Waals surface area contributed by atoms with Crippen molar-refractivity contribution >= 4 is 33.4 Å². The van der Waals surface area contributed by atoms with Gasteiger partial charge in [0.15, 0.2) is 0 Å². The highest BCUT2D eigenvalue weighted by atomic mass is 35.5. The van der Waals surface area contributed by atoms with Gasteiger partial charge in [0.1, 0.15) is 0 Å². The van der Waals surface area contributed by atoms with Crippen molar-refractivity contribution in [2.45, 2.75) is 0 Å². The Morgan fingerprint density at radius 2 is 1.22 bits per heavy atom. The number of hydrogen-bond acceptors (Lipinski definition) is 0. The Morgan fingerprint density at radius 1 is 0.500 bits per heavy atom. The summed E-state index contributed by atoms with van der Waals surface area (Å²) in [7, 11) is 0. The lowest BCUT2D eigenvalue weighted by Crippen LogP contribution is -1.93. The van der Waals surface area contributed by atoms with E-state index in [1.807, 2.05) is 18.2 Å². The monoisotopic (exact) mass is 429 g/mol. The standard InChI is InChI=1S/C30H20ClN/c31-24-12-7-11-23(19-24)26-15-8-16-29-30(26)27-20-22(21-9-3-1-4-10-21)17-18-28(27)32(29)25-13-5-2-6-14-25/h1-20H. The Labute approximate surface area is 192 Å². The average molecular weight is 430 g/mol. The molecule has 0 unspecified atom stereocenters. The fourth-order valence-corrected chi connectivity index (χ4v) is 4.82. The van der Waals surface area contributed by atoms with Crippen LogP contribution in [0.1, 0.15) is 0 Å². The molecule has 6 rings (SSSR count). The van der Waals surface area contributed by atoms with Crippen molar-refractivity contribution < 1.29 is 0 Å². The molecule has 6 aromatic rings. The Balaban J connectivity index is 1.74. The number of halogens is 1. The first-order valence-electron chi connectivity index (χ1n) is 10.7. The Morgan fingerprint density at radius 3 is 2.00 bits per heavy atom. The van der Waals surface area contributed by atoms with Gasteiger partial charge in [-0.05, 0) is 64.7 Å². The molecule has 0 saturated carbocycles. The summed E-state index contributed by atoms with van der Waals surface area (Å²) >= 11 is 6.37. The first kappa shape index (κ1) is 18.9. The van der Waals surface area contributed by atoms with Crippen molar-refractivity contribution in [1.29, 1.82) is 0 Å². The number of aromatic nitrogens is 1. The van der Waals surface area contributed by atoms with Gasteiger partial charge < -0.3 is 4.57 Å². The number of rotatable bonds is 3. The molecule has 0 fully saturated rings. The largest absolute Gasteiger partial charge is 0.309 e. The number of nitrogens with zero attached hydrogens (tertiary/aromatic N) is 1. The molecule has 0 saturated heterocycles. The first-order valence-corrected chi connectivity index (χ1v) is 11.1. The zero-order valence-electron chi connectivity index (χ0n) is 17.4. The van der Waals surface area contributed by atoms with Crippen LogP contribution in [-0.4, -0.2) is 4.57 Å². The molecule has 32 heavy (non-hydrogen) atoms. The van der Waals surface area contributed by atoms with E-state index >= 15 is 0 Å². The minimum Gasteiger partial charge on any atom is -0.309 e. The summed E-state index contributed by atoms with van der Waals surface area (Å²) < 4.78 is 2.35. The van der Waals surface area contributed by atoms with Crippen molar-refractivity contribution in [3.63, 3.8) is 0 Å². The summed E-state index contributed by atoms with van der Waals surface area (Å²) in [6, 6.07) is 42.5. The van der Waals surface area contributed by atoms with Crippen LogP contribution in [-0.2, 0) is 0 Å². The highest BCUT2D eigenvalue weighted by molar-refractivity contribution is 6.31. The molecule has 2 heteroatoms. The van der Waals surface area contributed by atoms with E-state index in [-0.39, 0.29) is 0 Å². The van der Waals surface area contributed by atoms with Gasteiger partial charge >= 0.3 is 0 Å². The molecule has 1 aromatic heterocycles. The quantitative estimate of drug-likeness (QED) is 0.265. The molecule has 0 radical (unpaired) electrons. The van der Waals surface area contributed by atoms with E-state index in [1.54, 1.807) is 0 Å². The summed E-state index contributed by atoms with van der Waals surface area (Å²) in [6.07, 6.45) is 0. The Kier molecular flexibility index (Phi) is 4.56. The lowest BCUT2D eigenvalue weighted by molar-refractivity contribution is 1.18. The molecule has 0 spiro atoms. The molecule has 0 bridgehead atoms. The molecule has 0 aliphatic carbocycles. The number of benzene rings is 5. The first-order chi connectivity index (χ1) is 15.8. The van der Waals surface area contributed by atoms with Crippen LogP contribution >= 0.6 is 11.6 Å². The molecule has 0 atom stereocenters. The van der Waals surface area contributed by atoms with Crippen LogP contribution in [0.25, 0.3) is 49.7 Å². The van der Waals surface area contributed by atoms with Crippen LogP contribution in [0, 0.1) is 0 Å². The summed E-state index contributed by atoms with van der Waals surface area (Å²) in [5.74, 6) is 0. The fraction of sp³-hybridized carbons (Fsp3) is 0. The third-order valence-corrected chi connectivity index (χ3v) is 6.28. The second kappa shape index (κ2) is 7.71. The van der Waals surface area contributed by atoms with Gasteiger partial charge in [-0.1, -0.05) is 90.5 Å². The van der Waals surface area contributed by atoms with Crippen LogP contribution in [0.5, 0.6) is 0 Å². The predicted molar refractivity (Wildman–Crippen MR) is 137 cm³/mol. The summed E-state index contributed by atoms with van der Waals surface area (Å²) in [5, 5.41) is 3.23. The van der Waals surface area contributed by atoms with E-state index in [4.69, 9.17) is 11.6 Å². The van der Waals surface area contributed by atoms with Gasteiger partial charge in [0.25, 0.3) is 0 Å². The summed E-state index contributed by atoms with van der Waals surface area (Å²) in [5.41, 5.74) is 8.29. The van der Waals surface area contributed by atoms with Crippen LogP contribution in [0.4, 0.5) is 0 Å². The van der Waals surface area contributed by atoms with E-state index in [0.717, 1.165) is 16.3 Å². The molecule has 5 aromatic carbocycles. The van der Waals surface area contributed by atoms with Gasteiger partial charge in [-0.15, -0.1) is 0 Å². The van der Waals surface area contributed by atoms with Crippen molar-refractivity contribution in [1.82, 2.24) is 4.57 Å². The highest BCUT2D eigenvalue weighted by Crippen LogP contribution is 2.40. The van der Waals surface area contributed by atoms with E-state index in [0.29, 0.717) is 0 Å². The van der Waals surface area contributed by atoms with Crippen molar-refractivity contribution in [2.24, 2.45) is 0 Å². The average Bonchev–Trinajstić information content (AvgIpc) is 3.19. The van der Waals surface area contributed by atoms with Crippen LogP contribution in [0.2, 0.25) is 5.02 Å². The minimum absolute atomic E-state index is 0.747. The second-order valence-corrected chi connectivity index (χ2v) is 8.42. The normalized spacial score (nSPS) is 11.3. The molecule has 0 aliphatic rings. The summed E-state index contributed by atoms with van der Waals surface area (Å²) in [4.78, 5) is 0. The van der Waals surface area contributed by atoms with Gasteiger partial charge in [-0.25, -0.2) is 0 Å². The van der Waals surface area contributed by atoms with Crippen molar-refractivity contribution in [2.75, 3.05) is 0 Å². The lowest BCUT2D eigenvalue weighted by atomic mass is 9.97. The Bertz CT molecular complexity index is 1560. The highest BCUT2D eigenvalue weighted by Gasteiger charge is 2.17. The van der Waals surface area contributed by atoms with Crippen LogP contribution in [0.15, 0.2) is 121 Å². The van der Waals surface area contributed by atoms with Gasteiger partial charge in [-0.3, -0.25) is 0 Å².